The summed E-state index contributed by atoms with van der Waals surface area (Å²) in [5, 5.41) is 0. The van der Waals surface area contributed by atoms with E-state index >= 15 is 0 Å². The van der Waals surface area contributed by atoms with Gasteiger partial charge in [-0.2, -0.15) is 0 Å². The molecule has 0 spiro atoms. The molecule has 2 amide bonds. The number of anilines is 1. The van der Waals surface area contributed by atoms with Gasteiger partial charge >= 0.3 is 0 Å². The zero-order valence-electron chi connectivity index (χ0n) is 15.5. The van der Waals surface area contributed by atoms with Crippen molar-refractivity contribution in [2.24, 2.45) is 5.73 Å². The maximum atomic E-state index is 13.1. The smallest absolute Gasteiger partial charge is 0.256 e. The van der Waals surface area contributed by atoms with Crippen LogP contribution in [0.25, 0.3) is 11.1 Å². The molecule has 2 heterocycles. The van der Waals surface area contributed by atoms with Crippen LogP contribution in [0.3, 0.4) is 0 Å². The molecule has 1 fully saturated rings. The van der Waals surface area contributed by atoms with Crippen molar-refractivity contribution in [3.63, 3.8) is 0 Å². The molecule has 4 rings (SSSR count). The number of benzene rings is 2. The van der Waals surface area contributed by atoms with Gasteiger partial charge in [-0.1, -0.05) is 36.4 Å². The van der Waals surface area contributed by atoms with Crippen LogP contribution in [-0.4, -0.2) is 47.9 Å². The minimum Gasteiger partial charge on any atom is -0.368 e. The van der Waals surface area contributed by atoms with E-state index in [-0.39, 0.29) is 5.91 Å². The molecule has 142 valence electrons. The summed E-state index contributed by atoms with van der Waals surface area (Å²) in [5.74, 6) is -0.401. The lowest BCUT2D eigenvalue weighted by atomic mass is 10.0. The fourth-order valence-electron chi connectivity index (χ4n) is 3.59. The summed E-state index contributed by atoms with van der Waals surface area (Å²) in [7, 11) is 0. The summed E-state index contributed by atoms with van der Waals surface area (Å²) in [4.78, 5) is 31.6. The number of piperazine rings is 1. The Morgan fingerprint density at radius 1 is 0.893 bits per heavy atom. The molecule has 0 atom stereocenters. The van der Waals surface area contributed by atoms with Crippen LogP contribution in [0.2, 0.25) is 0 Å². The van der Waals surface area contributed by atoms with Crippen LogP contribution >= 0.6 is 0 Å². The lowest BCUT2D eigenvalue weighted by molar-refractivity contribution is 0.0747. The molecule has 3 N–H and O–H groups in total. The van der Waals surface area contributed by atoms with Crippen LogP contribution in [0, 0.1) is 0 Å². The minimum atomic E-state index is -0.434. The predicted octanol–water partition coefficient (Wildman–Crippen LogP) is 2.74. The minimum absolute atomic E-state index is 0.0330. The van der Waals surface area contributed by atoms with Gasteiger partial charge in [0.2, 0.25) is 5.91 Å². The lowest BCUT2D eigenvalue weighted by Crippen LogP contribution is -2.48. The Kier molecular flexibility index (Phi) is 4.85. The average molecular weight is 374 g/mol. The highest BCUT2D eigenvalue weighted by atomic mass is 16.2. The number of carbonyl (C=O) groups excluding carboxylic acids is 2. The molecule has 6 nitrogen and oxygen atoms in total. The van der Waals surface area contributed by atoms with Crippen LogP contribution in [0.5, 0.6) is 0 Å². The highest BCUT2D eigenvalue weighted by Gasteiger charge is 2.25. The fraction of sp³-hybridized carbons (Fsp3) is 0.182. The quantitative estimate of drug-likeness (QED) is 0.737. The molecule has 2 aromatic carbocycles. The number of hydrogen-bond acceptors (Lipinski definition) is 3. The third-order valence-electron chi connectivity index (χ3n) is 5.12. The zero-order chi connectivity index (χ0) is 19.5. The molecule has 0 bridgehead atoms. The van der Waals surface area contributed by atoms with Gasteiger partial charge in [-0.15, -0.1) is 0 Å². The van der Waals surface area contributed by atoms with Crippen molar-refractivity contribution in [1.82, 2.24) is 9.88 Å². The number of H-pyrrole nitrogens is 1. The van der Waals surface area contributed by atoms with Crippen LogP contribution in [0.1, 0.15) is 20.7 Å². The first kappa shape index (κ1) is 17.9. The number of primary amides is 1. The van der Waals surface area contributed by atoms with E-state index in [0.29, 0.717) is 37.3 Å². The molecule has 3 aromatic rings. The molecule has 0 saturated carbocycles. The van der Waals surface area contributed by atoms with Crippen molar-refractivity contribution in [2.75, 3.05) is 31.1 Å². The van der Waals surface area contributed by atoms with E-state index < -0.39 is 5.91 Å². The molecule has 1 saturated heterocycles. The van der Waals surface area contributed by atoms with Crippen LogP contribution < -0.4 is 10.6 Å². The maximum absolute atomic E-state index is 13.1. The second kappa shape index (κ2) is 7.60. The van der Waals surface area contributed by atoms with Crippen LogP contribution in [0.4, 0.5) is 5.69 Å². The fourth-order valence-corrected chi connectivity index (χ4v) is 3.59. The van der Waals surface area contributed by atoms with E-state index in [9.17, 15) is 9.59 Å². The van der Waals surface area contributed by atoms with E-state index in [1.54, 1.807) is 18.3 Å². The summed E-state index contributed by atoms with van der Waals surface area (Å²) in [6.45, 7) is 2.66. The first-order chi connectivity index (χ1) is 13.6. The first-order valence-electron chi connectivity index (χ1n) is 9.30. The van der Waals surface area contributed by atoms with Crippen molar-refractivity contribution in [3.8, 4) is 11.1 Å². The number of aromatic amines is 1. The van der Waals surface area contributed by atoms with Crippen LogP contribution in [0.15, 0.2) is 67.0 Å². The summed E-state index contributed by atoms with van der Waals surface area (Å²) in [5.41, 5.74) is 9.46. The zero-order valence-corrected chi connectivity index (χ0v) is 15.5. The predicted molar refractivity (Wildman–Crippen MR) is 109 cm³/mol. The van der Waals surface area contributed by atoms with Gasteiger partial charge in [-0.05, 0) is 23.8 Å². The molecule has 1 aliphatic heterocycles. The Hall–Kier alpha value is -3.54. The normalized spacial score (nSPS) is 14.1. The first-order valence-corrected chi connectivity index (χ1v) is 9.30. The molecule has 28 heavy (non-hydrogen) atoms. The van der Waals surface area contributed by atoms with Crippen molar-refractivity contribution in [3.05, 3.63) is 78.1 Å². The summed E-state index contributed by atoms with van der Waals surface area (Å²) >= 11 is 0. The van der Waals surface area contributed by atoms with Gasteiger partial charge in [-0.3, -0.25) is 9.59 Å². The Labute approximate surface area is 163 Å². The summed E-state index contributed by atoms with van der Waals surface area (Å²) < 4.78 is 0. The highest BCUT2D eigenvalue weighted by molar-refractivity contribution is 6.01. The number of rotatable bonds is 4. The van der Waals surface area contributed by atoms with Gasteiger partial charge in [0.25, 0.3) is 5.91 Å². The second-order valence-electron chi connectivity index (χ2n) is 6.84. The van der Waals surface area contributed by atoms with Gasteiger partial charge in [0.05, 0.1) is 5.56 Å². The number of nitrogens with two attached hydrogens (primary N) is 1. The number of aromatic nitrogens is 1. The Bertz CT molecular complexity index is 989. The Morgan fingerprint density at radius 3 is 2.36 bits per heavy atom. The number of hydrogen-bond donors (Lipinski definition) is 2. The van der Waals surface area contributed by atoms with Gasteiger partial charge < -0.3 is 20.5 Å². The second-order valence-corrected chi connectivity index (χ2v) is 6.84. The molecule has 0 unspecified atom stereocenters. The molecule has 6 heteroatoms. The molecular formula is C22H22N4O2. The van der Waals surface area contributed by atoms with E-state index in [2.05, 4.69) is 9.88 Å². The molecular weight excluding hydrogens is 352 g/mol. The number of amides is 2. The molecule has 0 aliphatic carbocycles. The van der Waals surface area contributed by atoms with Crippen LogP contribution in [-0.2, 0) is 0 Å². The van der Waals surface area contributed by atoms with Crippen molar-refractivity contribution in [1.29, 1.82) is 0 Å². The van der Waals surface area contributed by atoms with Gasteiger partial charge in [0, 0.05) is 55.4 Å². The van der Waals surface area contributed by atoms with Crippen molar-refractivity contribution in [2.45, 2.75) is 0 Å². The van der Waals surface area contributed by atoms with Gasteiger partial charge in [0.1, 0.15) is 0 Å². The highest BCUT2D eigenvalue weighted by Crippen LogP contribution is 2.25. The maximum Gasteiger partial charge on any atom is 0.256 e. The lowest BCUT2D eigenvalue weighted by Gasteiger charge is -2.36. The number of nitrogens with zero attached hydrogens (tertiary/aromatic N) is 2. The number of carbonyl (C=O) groups is 2. The van der Waals surface area contributed by atoms with Gasteiger partial charge in [0.15, 0.2) is 0 Å². The average Bonchev–Trinajstić information content (AvgIpc) is 3.24. The third kappa shape index (κ3) is 3.49. The van der Waals surface area contributed by atoms with E-state index in [0.717, 1.165) is 16.8 Å². The largest absolute Gasteiger partial charge is 0.368 e. The monoisotopic (exact) mass is 374 g/mol. The summed E-state index contributed by atoms with van der Waals surface area (Å²) in [6.07, 6.45) is 3.64. The molecule has 1 aromatic heterocycles. The van der Waals surface area contributed by atoms with Gasteiger partial charge in [-0.25, -0.2) is 0 Å². The summed E-state index contributed by atoms with van der Waals surface area (Å²) in [6, 6.07) is 17.2. The molecule has 0 radical (unpaired) electrons. The number of nitrogens with one attached hydrogen (secondary N) is 1. The Morgan fingerprint density at radius 2 is 1.64 bits per heavy atom. The third-order valence-corrected chi connectivity index (χ3v) is 5.12. The van der Waals surface area contributed by atoms with E-state index in [1.807, 2.05) is 53.6 Å². The van der Waals surface area contributed by atoms with E-state index in [1.165, 1.54) is 0 Å². The molecule has 1 aliphatic rings. The van der Waals surface area contributed by atoms with E-state index in [4.69, 9.17) is 5.73 Å². The SMILES string of the molecule is NC(=O)c1cccc(N2CCN(C(=O)c3c[nH]cc3-c3ccccc3)CC2)c1. The van der Waals surface area contributed by atoms with Crippen molar-refractivity contribution < 1.29 is 9.59 Å². The standard InChI is InChI=1S/C22H22N4O2/c23-21(27)17-7-4-8-18(13-17)25-9-11-26(12-10-25)22(28)20-15-24-14-19(20)16-5-2-1-3-6-16/h1-8,13-15,24H,9-12H2,(H2,23,27). The topological polar surface area (TPSA) is 82.4 Å². The van der Waals surface area contributed by atoms with Crippen molar-refractivity contribution >= 4 is 17.5 Å². The Balaban J connectivity index is 1.46.